The predicted molar refractivity (Wildman–Crippen MR) is 92.1 cm³/mol. The van der Waals surface area contributed by atoms with E-state index in [0.717, 1.165) is 24.1 Å². The average Bonchev–Trinajstić information content (AvgIpc) is 2.51. The van der Waals surface area contributed by atoms with Gasteiger partial charge in [0.05, 0.1) is 5.52 Å². The van der Waals surface area contributed by atoms with Crippen molar-refractivity contribution in [3.05, 3.63) is 65.2 Å². The first-order valence-electron chi connectivity index (χ1n) is 7.96. The van der Waals surface area contributed by atoms with Crippen LogP contribution in [0.1, 0.15) is 37.5 Å². The van der Waals surface area contributed by atoms with Crippen LogP contribution < -0.4 is 0 Å². The molecule has 0 unspecified atom stereocenters. The maximum absolute atomic E-state index is 4.95. The molecule has 0 saturated heterocycles. The number of pyridine rings is 1. The van der Waals surface area contributed by atoms with Crippen LogP contribution in [0, 0.1) is 6.07 Å². The molecule has 1 aromatic heterocycles. The zero-order valence-corrected chi connectivity index (χ0v) is 16.1. The van der Waals surface area contributed by atoms with Gasteiger partial charge in [-0.3, -0.25) is 4.98 Å². The minimum Gasteiger partial charge on any atom is -0.296 e. The summed E-state index contributed by atoms with van der Waals surface area (Å²) in [6, 6.07) is 18.6. The molecule has 0 bridgehead atoms. The second-order valence-corrected chi connectivity index (χ2v) is 7.22. The van der Waals surface area contributed by atoms with Gasteiger partial charge in [0.2, 0.25) is 0 Å². The van der Waals surface area contributed by atoms with Crippen molar-refractivity contribution in [2.75, 3.05) is 0 Å². The molecule has 3 aromatic rings. The molecule has 1 aliphatic carbocycles. The van der Waals surface area contributed by atoms with Crippen molar-refractivity contribution >= 4 is 10.9 Å². The van der Waals surface area contributed by atoms with Crippen LogP contribution in [0.4, 0.5) is 0 Å². The van der Waals surface area contributed by atoms with Gasteiger partial charge in [0, 0.05) is 20.1 Å². The SMILES string of the molecule is CC(C)(C)c1ccc2nc3c(cc2c1)CCc1ccc[c-]c1-3.[Ir]. The smallest absolute Gasteiger partial charge is 0.0595 e. The zero-order chi connectivity index (χ0) is 15.3. The third kappa shape index (κ3) is 2.86. The first kappa shape index (κ1) is 16.4. The molecule has 2 heteroatoms. The summed E-state index contributed by atoms with van der Waals surface area (Å²) in [5.41, 5.74) is 7.65. The summed E-state index contributed by atoms with van der Waals surface area (Å²) >= 11 is 0. The first-order valence-corrected chi connectivity index (χ1v) is 7.96. The maximum atomic E-state index is 4.95. The standard InChI is InChI=1S/C21H20N.Ir/c1-21(2,3)17-10-11-19-16(13-17)12-15-9-8-14-6-4-5-7-18(14)20(15)22-19;/h4-6,10-13H,8-9H2,1-3H3;/q-1;. The van der Waals surface area contributed by atoms with E-state index >= 15 is 0 Å². The van der Waals surface area contributed by atoms with Gasteiger partial charge in [-0.05, 0) is 40.6 Å². The molecule has 0 N–H and O–H groups in total. The molecule has 23 heavy (non-hydrogen) atoms. The molecule has 2 aromatic carbocycles. The maximum Gasteiger partial charge on any atom is 0.0595 e. The molecular weight excluding hydrogens is 458 g/mol. The summed E-state index contributed by atoms with van der Waals surface area (Å²) in [6.45, 7) is 6.77. The number of fused-ring (bicyclic) bond motifs is 4. The van der Waals surface area contributed by atoms with Crippen molar-refractivity contribution in [2.24, 2.45) is 0 Å². The minimum atomic E-state index is 0. The molecule has 0 atom stereocenters. The number of hydrogen-bond donors (Lipinski definition) is 0. The fourth-order valence-corrected chi connectivity index (χ4v) is 3.26. The van der Waals surface area contributed by atoms with Gasteiger partial charge >= 0.3 is 0 Å². The van der Waals surface area contributed by atoms with E-state index in [1.54, 1.807) is 0 Å². The molecule has 1 aliphatic rings. The Morgan fingerprint density at radius 2 is 1.78 bits per heavy atom. The molecule has 1 radical (unpaired) electrons. The van der Waals surface area contributed by atoms with Crippen molar-refractivity contribution < 1.29 is 20.1 Å². The van der Waals surface area contributed by atoms with Crippen LogP contribution in [0.5, 0.6) is 0 Å². The van der Waals surface area contributed by atoms with E-state index < -0.39 is 0 Å². The van der Waals surface area contributed by atoms with Crippen LogP contribution in [-0.2, 0) is 38.4 Å². The summed E-state index contributed by atoms with van der Waals surface area (Å²) in [6.07, 6.45) is 2.16. The van der Waals surface area contributed by atoms with E-state index in [0.29, 0.717) is 0 Å². The number of aromatic nitrogens is 1. The second kappa shape index (κ2) is 5.85. The quantitative estimate of drug-likeness (QED) is 0.410. The Balaban J connectivity index is 0.00000156. The Morgan fingerprint density at radius 3 is 2.57 bits per heavy atom. The molecule has 0 fully saturated rings. The van der Waals surface area contributed by atoms with Crippen LogP contribution in [0.2, 0.25) is 0 Å². The fraction of sp³-hybridized carbons (Fsp3) is 0.286. The van der Waals surface area contributed by atoms with E-state index in [-0.39, 0.29) is 25.5 Å². The van der Waals surface area contributed by atoms with Crippen molar-refractivity contribution in [1.82, 2.24) is 4.98 Å². The van der Waals surface area contributed by atoms with Crippen LogP contribution in [0.15, 0.2) is 42.5 Å². The van der Waals surface area contributed by atoms with E-state index in [1.165, 1.54) is 27.6 Å². The van der Waals surface area contributed by atoms with Gasteiger partial charge in [0.15, 0.2) is 0 Å². The van der Waals surface area contributed by atoms with E-state index in [2.05, 4.69) is 63.2 Å². The van der Waals surface area contributed by atoms with Crippen LogP contribution in [-0.4, -0.2) is 4.98 Å². The summed E-state index contributed by atoms with van der Waals surface area (Å²) in [5, 5.41) is 1.26. The van der Waals surface area contributed by atoms with Crippen molar-refractivity contribution in [1.29, 1.82) is 0 Å². The third-order valence-electron chi connectivity index (χ3n) is 4.60. The van der Waals surface area contributed by atoms with Gasteiger partial charge in [-0.25, -0.2) is 0 Å². The van der Waals surface area contributed by atoms with Crippen molar-refractivity contribution in [2.45, 2.75) is 39.0 Å². The Labute approximate surface area is 151 Å². The fourth-order valence-electron chi connectivity index (χ4n) is 3.26. The number of aryl methyl sites for hydroxylation is 2. The Kier molecular flexibility index (Phi) is 4.16. The molecule has 0 saturated carbocycles. The Morgan fingerprint density at radius 1 is 1.00 bits per heavy atom. The predicted octanol–water partition coefficient (Wildman–Crippen LogP) is 5.10. The summed E-state index contributed by atoms with van der Waals surface area (Å²) < 4.78 is 0. The summed E-state index contributed by atoms with van der Waals surface area (Å²) in [7, 11) is 0. The Hall–Kier alpha value is -1.50. The van der Waals surface area contributed by atoms with Gasteiger partial charge in [-0.2, -0.15) is 0 Å². The number of rotatable bonds is 0. The van der Waals surface area contributed by atoms with Crippen molar-refractivity contribution in [3.8, 4) is 11.3 Å². The molecule has 1 heterocycles. The molecule has 0 spiro atoms. The monoisotopic (exact) mass is 479 g/mol. The van der Waals surface area contributed by atoms with E-state index in [1.807, 2.05) is 6.07 Å². The van der Waals surface area contributed by atoms with Gasteiger partial charge in [-0.1, -0.05) is 44.9 Å². The largest absolute Gasteiger partial charge is 0.296 e. The van der Waals surface area contributed by atoms with Gasteiger partial charge in [0.25, 0.3) is 0 Å². The van der Waals surface area contributed by atoms with Crippen LogP contribution in [0.3, 0.4) is 0 Å². The third-order valence-corrected chi connectivity index (χ3v) is 4.60. The molecule has 0 aliphatic heterocycles. The molecule has 1 nitrogen and oxygen atoms in total. The van der Waals surface area contributed by atoms with E-state index in [4.69, 9.17) is 4.98 Å². The normalized spacial score (nSPS) is 13.2. The Bertz CT molecular complexity index is 875. The van der Waals surface area contributed by atoms with Gasteiger partial charge < -0.3 is 0 Å². The molecule has 0 amide bonds. The second-order valence-electron chi connectivity index (χ2n) is 7.22. The zero-order valence-electron chi connectivity index (χ0n) is 13.7. The molecule has 119 valence electrons. The topological polar surface area (TPSA) is 12.9 Å². The summed E-state index contributed by atoms with van der Waals surface area (Å²) in [4.78, 5) is 4.95. The number of hydrogen-bond acceptors (Lipinski definition) is 1. The average molecular weight is 479 g/mol. The number of nitrogens with zero attached hydrogens (tertiary/aromatic N) is 1. The van der Waals surface area contributed by atoms with E-state index in [9.17, 15) is 0 Å². The number of benzene rings is 2. The van der Waals surface area contributed by atoms with Crippen molar-refractivity contribution in [3.63, 3.8) is 0 Å². The van der Waals surface area contributed by atoms with Crippen LogP contribution in [0.25, 0.3) is 22.2 Å². The first-order chi connectivity index (χ1) is 10.5. The van der Waals surface area contributed by atoms with Gasteiger partial charge in [0.1, 0.15) is 0 Å². The van der Waals surface area contributed by atoms with Gasteiger partial charge in [-0.15, -0.1) is 35.4 Å². The molecular formula is C21H20IrN-. The summed E-state index contributed by atoms with van der Waals surface area (Å²) in [5.74, 6) is 0. The molecule has 4 rings (SSSR count). The minimum absolute atomic E-state index is 0. The van der Waals surface area contributed by atoms with Crippen LogP contribution >= 0.6 is 0 Å².